The Balaban J connectivity index is 1.08. The fourth-order valence-corrected chi connectivity index (χ4v) is 12.2. The van der Waals surface area contributed by atoms with Crippen molar-refractivity contribution < 1.29 is 128 Å². The first kappa shape index (κ1) is 77.1. The summed E-state index contributed by atoms with van der Waals surface area (Å²) in [6.07, 6.45) is -28.9. The Labute approximate surface area is 566 Å². The van der Waals surface area contributed by atoms with Crippen molar-refractivity contribution in [3.05, 3.63) is 65.7 Å². The third-order valence-corrected chi connectivity index (χ3v) is 18.0. The number of aliphatic hydroxyl groups is 13. The van der Waals surface area contributed by atoms with Crippen LogP contribution < -0.4 is 53.4 Å². The molecule has 4 saturated heterocycles. The average Bonchev–Trinajstić information content (AvgIpc) is 1.74. The highest BCUT2D eigenvalue weighted by Crippen LogP contribution is 2.33. The van der Waals surface area contributed by atoms with Crippen LogP contribution >= 0.6 is 0 Å². The minimum Gasteiger partial charge on any atom is -0.462 e. The maximum absolute atomic E-state index is 15.2. The van der Waals surface area contributed by atoms with Crippen LogP contribution in [0.2, 0.25) is 0 Å². The second-order valence-electron chi connectivity index (χ2n) is 24.8. The van der Waals surface area contributed by atoms with E-state index in [9.17, 15) is 90.4 Å². The molecule has 25 unspecified atom stereocenters. The number of hydrogen-bond acceptors (Lipinski definition) is 32. The van der Waals surface area contributed by atoms with E-state index in [1.165, 1.54) is 24.3 Å². The van der Waals surface area contributed by atoms with Crippen LogP contribution in [0.15, 0.2) is 64.6 Å². The lowest BCUT2D eigenvalue weighted by molar-refractivity contribution is -0.353. The zero-order valence-corrected chi connectivity index (χ0v) is 53.9. The molecule has 0 bridgehead atoms. The van der Waals surface area contributed by atoms with Crippen molar-refractivity contribution in [2.24, 2.45) is 21.5 Å². The smallest absolute Gasteiger partial charge is 0.306 e. The lowest BCUT2D eigenvalue weighted by Crippen LogP contribution is -2.70. The summed E-state index contributed by atoms with van der Waals surface area (Å²) in [5, 5.41) is 160. The SMILES string of the molecule is CCCCCCC(=O)OC1C(O)C(CO)OC(OC2C(CO)OC(Oc3ccc(CC4NC(=O)C(C(C)c5ccccc5)NC(=O)CNC(=O)C(CO)NC(=O)C(C(O)C5CN=C(N)N5C5OC(CO)C(O)C(O)C5O)NC(=O)C(C(O)C5CN=C(N)N5)NC4=O)cc3)C(O)C2O)C1O. The largest absolute Gasteiger partial charge is 0.462 e. The molecule has 24 N–H and O–H groups in total. The molecule has 2 aromatic carbocycles. The molecule has 0 spiro atoms. The first-order chi connectivity index (χ1) is 47.2. The maximum atomic E-state index is 15.2. The number of ether oxygens (including phenoxy) is 6. The van der Waals surface area contributed by atoms with Crippen LogP contribution in [0.5, 0.6) is 5.75 Å². The third-order valence-electron chi connectivity index (χ3n) is 18.0. The zero-order chi connectivity index (χ0) is 72.1. The van der Waals surface area contributed by atoms with Crippen molar-refractivity contribution in [3.63, 3.8) is 0 Å². The number of rotatable bonds is 23. The fourth-order valence-electron chi connectivity index (χ4n) is 12.2. The van der Waals surface area contributed by atoms with Crippen molar-refractivity contribution in [2.45, 2.75) is 205 Å². The molecule has 2 aromatic rings. The topological polar surface area (TPSA) is 602 Å². The molecule has 4 fully saturated rings. The van der Waals surface area contributed by atoms with Crippen molar-refractivity contribution in [3.8, 4) is 5.75 Å². The maximum Gasteiger partial charge on any atom is 0.306 e. The van der Waals surface area contributed by atoms with Gasteiger partial charge in [-0.2, -0.15) is 0 Å². The first-order valence-electron chi connectivity index (χ1n) is 32.3. The van der Waals surface area contributed by atoms with Gasteiger partial charge < -0.3 is 148 Å². The van der Waals surface area contributed by atoms with E-state index in [0.29, 0.717) is 18.4 Å². The molecule has 0 saturated carbocycles. The van der Waals surface area contributed by atoms with E-state index >= 15 is 9.59 Å². The summed E-state index contributed by atoms with van der Waals surface area (Å²) < 4.78 is 34.3. The highest BCUT2D eigenvalue weighted by molar-refractivity contribution is 5.98. The zero-order valence-electron chi connectivity index (χ0n) is 53.9. The molecule has 8 rings (SSSR count). The van der Waals surface area contributed by atoms with Gasteiger partial charge in [0.2, 0.25) is 41.7 Å². The predicted octanol–water partition coefficient (Wildman–Crippen LogP) is -11.1. The van der Waals surface area contributed by atoms with Crippen LogP contribution in [0.1, 0.15) is 63.0 Å². The molecular weight excluding hydrogens is 1320 g/mol. The average molecular weight is 1410 g/mol. The summed E-state index contributed by atoms with van der Waals surface area (Å²) in [6.45, 7) is -2.06. The normalized spacial score (nSPS) is 35.4. The van der Waals surface area contributed by atoms with Gasteiger partial charge in [0, 0.05) is 18.8 Å². The molecule has 38 nitrogen and oxygen atoms in total. The molecule has 6 amide bonds. The van der Waals surface area contributed by atoms with E-state index in [-0.39, 0.29) is 30.2 Å². The van der Waals surface area contributed by atoms with E-state index < -0.39 is 246 Å². The minimum absolute atomic E-state index is 0.0450. The number of hydrogen-bond donors (Lipinski definition) is 22. The van der Waals surface area contributed by atoms with E-state index in [1.807, 2.05) is 6.92 Å². The summed E-state index contributed by atoms with van der Waals surface area (Å²) in [6, 6.07) is 0.765. The molecule has 38 heteroatoms. The Hall–Kier alpha value is -7.61. The minimum atomic E-state index is -2.35. The van der Waals surface area contributed by atoms with Crippen LogP contribution in [0.4, 0.5) is 0 Å². The van der Waals surface area contributed by atoms with Gasteiger partial charge in [0.05, 0.1) is 58.1 Å². The molecule has 25 atom stereocenters. The quantitative estimate of drug-likeness (QED) is 0.0363. The monoisotopic (exact) mass is 1410 g/mol. The lowest BCUT2D eigenvalue weighted by atomic mass is 9.92. The molecular formula is C61H90N12O26. The molecule has 6 heterocycles. The van der Waals surface area contributed by atoms with Crippen LogP contribution in [-0.4, -0.2) is 317 Å². The summed E-state index contributed by atoms with van der Waals surface area (Å²) in [7, 11) is 0. The Morgan fingerprint density at radius 1 is 0.606 bits per heavy atom. The highest BCUT2D eigenvalue weighted by atomic mass is 16.7. The summed E-state index contributed by atoms with van der Waals surface area (Å²) in [5.74, 6) is -9.81. The van der Waals surface area contributed by atoms with Crippen LogP contribution in [0.25, 0.3) is 0 Å². The number of benzene rings is 2. The van der Waals surface area contributed by atoms with E-state index in [0.717, 1.165) is 17.7 Å². The Kier molecular flexibility index (Phi) is 27.4. The van der Waals surface area contributed by atoms with Crippen LogP contribution in [0, 0.1) is 0 Å². The Bertz CT molecular complexity index is 3130. The molecule has 6 aliphatic rings. The highest BCUT2D eigenvalue weighted by Gasteiger charge is 2.55. The van der Waals surface area contributed by atoms with Crippen molar-refractivity contribution in [1.82, 2.24) is 42.1 Å². The number of unbranched alkanes of at least 4 members (excludes halogenated alkanes) is 3. The molecule has 6 aliphatic heterocycles. The third kappa shape index (κ3) is 18.5. The number of nitrogens with two attached hydrogens (primary N) is 2. The van der Waals surface area contributed by atoms with Gasteiger partial charge in [0.15, 0.2) is 30.5 Å². The second-order valence-corrected chi connectivity index (χ2v) is 24.8. The lowest BCUT2D eigenvalue weighted by Gasteiger charge is -2.46. The number of carbonyl (C=O) groups is 7. The molecule has 0 aliphatic carbocycles. The second kappa shape index (κ2) is 35.1. The van der Waals surface area contributed by atoms with Gasteiger partial charge in [-0.15, -0.1) is 0 Å². The van der Waals surface area contributed by atoms with Gasteiger partial charge in [-0.05, 0) is 29.7 Å². The first-order valence-corrected chi connectivity index (χ1v) is 32.3. The van der Waals surface area contributed by atoms with Crippen molar-refractivity contribution >= 4 is 53.3 Å². The predicted molar refractivity (Wildman–Crippen MR) is 336 cm³/mol. The van der Waals surface area contributed by atoms with Gasteiger partial charge >= 0.3 is 5.97 Å². The number of aliphatic hydroxyl groups excluding tert-OH is 13. The number of nitrogens with zero attached hydrogens (tertiary/aromatic N) is 3. The standard InChI is InChI=1S/C61H90N12O26/c1-3-4-5-9-12-37(79)98-51-44(83)34(23-76)96-59(49(51)88)99-50-35(24-77)97-58(48(87)46(50)85)94-28-15-13-26(14-16-28)17-29-53(90)71-39(41(80)30-18-65-60(62)69-30)56(93)72-40(42(81)32-19-66-61(63)73(32)57-47(86)45(84)43(82)33(22-75)95-57)55(92)68-31(21-74)52(89)64-20-36(78)70-38(54(91)67-29)25(2)27-10-7-6-8-11-27/h6-8,10-11,13-16,25,29-35,38-51,57-59,74-77,80-88H,3-5,9,12,17-24H2,1-2H3,(H2,63,66)(H,64,89)(H,67,91)(H,68,92)(H,70,78)(H,71,90)(H,72,93)(H3,62,65,69). The molecule has 0 radical (unpaired) electrons. The van der Waals surface area contributed by atoms with Gasteiger partial charge in [-0.1, -0.05) is 75.6 Å². The van der Waals surface area contributed by atoms with E-state index in [4.69, 9.17) is 39.9 Å². The number of esters is 1. The summed E-state index contributed by atoms with van der Waals surface area (Å²) in [5.41, 5.74) is 12.8. The van der Waals surface area contributed by atoms with Gasteiger partial charge in [-0.3, -0.25) is 43.5 Å². The Morgan fingerprint density at radius 2 is 1.23 bits per heavy atom. The van der Waals surface area contributed by atoms with E-state index in [2.05, 4.69) is 47.2 Å². The fraction of sp³-hybridized carbons (Fsp3) is 0.656. The Morgan fingerprint density at radius 3 is 1.88 bits per heavy atom. The summed E-state index contributed by atoms with van der Waals surface area (Å²) >= 11 is 0. The number of guanidine groups is 2. The number of carbonyl (C=O) groups excluding carboxylic acids is 7. The molecule has 99 heavy (non-hydrogen) atoms. The number of aliphatic imine (C=N–C) groups is 2. The van der Waals surface area contributed by atoms with Crippen LogP contribution in [-0.2, 0) is 63.7 Å². The van der Waals surface area contributed by atoms with Crippen molar-refractivity contribution in [1.29, 1.82) is 0 Å². The van der Waals surface area contributed by atoms with E-state index in [1.54, 1.807) is 37.3 Å². The summed E-state index contributed by atoms with van der Waals surface area (Å²) in [4.78, 5) is 109. The number of nitrogens with one attached hydrogen (secondary N) is 7. The molecule has 550 valence electrons. The van der Waals surface area contributed by atoms with Crippen LogP contribution in [0.3, 0.4) is 0 Å². The van der Waals surface area contributed by atoms with Crippen molar-refractivity contribution in [2.75, 3.05) is 46.1 Å². The van der Waals surface area contributed by atoms with Gasteiger partial charge in [0.25, 0.3) is 0 Å². The number of amides is 6. The van der Waals surface area contributed by atoms with Gasteiger partial charge in [-0.25, -0.2) is 0 Å². The molecule has 0 aromatic heterocycles. The van der Waals surface area contributed by atoms with Gasteiger partial charge in [0.1, 0.15) is 115 Å².